The van der Waals surface area contributed by atoms with Gasteiger partial charge >= 0.3 is 0 Å². The molecule has 3 saturated heterocycles. The molecule has 0 radical (unpaired) electrons. The minimum atomic E-state index is -0.818. The van der Waals surface area contributed by atoms with Gasteiger partial charge in [-0.2, -0.15) is 10.5 Å². The molecule has 1 aromatic carbocycles. The van der Waals surface area contributed by atoms with Crippen LogP contribution in [0.15, 0.2) is 30.3 Å². The third-order valence-corrected chi connectivity index (χ3v) is 6.36. The number of benzene rings is 1. The van der Waals surface area contributed by atoms with Gasteiger partial charge in [-0.15, -0.1) is 0 Å². The van der Waals surface area contributed by atoms with Crippen LogP contribution in [0.3, 0.4) is 0 Å². The molecular formula is C19H18N2O3. The van der Waals surface area contributed by atoms with Crippen LogP contribution in [0.5, 0.6) is 0 Å². The Kier molecular flexibility index (Phi) is 2.75. The summed E-state index contributed by atoms with van der Waals surface area (Å²) in [6.45, 7) is 1.93. The summed E-state index contributed by atoms with van der Waals surface area (Å²) in [6.07, 6.45) is 0.501. The van der Waals surface area contributed by atoms with Crippen LogP contribution in [0.2, 0.25) is 0 Å². The minimum Gasteiger partial charge on any atom is -0.331 e. The number of hydrogen-bond acceptors (Lipinski definition) is 5. The van der Waals surface area contributed by atoms with E-state index in [4.69, 9.17) is 14.2 Å². The van der Waals surface area contributed by atoms with Crippen molar-refractivity contribution >= 4 is 0 Å². The van der Waals surface area contributed by atoms with E-state index in [1.807, 2.05) is 25.1 Å². The zero-order valence-electron chi connectivity index (χ0n) is 13.4. The normalized spacial score (nSPS) is 50.5. The lowest BCUT2D eigenvalue weighted by molar-refractivity contribution is -0.310. The van der Waals surface area contributed by atoms with Crippen molar-refractivity contribution in [3.63, 3.8) is 0 Å². The lowest BCUT2D eigenvalue weighted by atomic mass is 9.79. The number of ether oxygens (including phenoxy) is 3. The van der Waals surface area contributed by atoms with Crippen LogP contribution < -0.4 is 0 Å². The SMILES string of the molecule is CC12O[C@H](C#N)C3CC4C(C31)C(Cc1ccccc1)(O[C@H]4C#N)O2. The van der Waals surface area contributed by atoms with Crippen molar-refractivity contribution < 1.29 is 14.2 Å². The second kappa shape index (κ2) is 4.58. The fraction of sp³-hybridized carbons (Fsp3) is 0.579. The van der Waals surface area contributed by atoms with Crippen LogP contribution in [0.4, 0.5) is 0 Å². The lowest BCUT2D eigenvalue weighted by Gasteiger charge is -2.32. The van der Waals surface area contributed by atoms with Gasteiger partial charge in [0.1, 0.15) is 0 Å². The van der Waals surface area contributed by atoms with E-state index in [-0.39, 0.29) is 23.7 Å². The van der Waals surface area contributed by atoms with Crippen molar-refractivity contribution in [1.82, 2.24) is 0 Å². The van der Waals surface area contributed by atoms with Gasteiger partial charge in [0.05, 0.1) is 12.1 Å². The Morgan fingerprint density at radius 2 is 1.71 bits per heavy atom. The van der Waals surface area contributed by atoms with Crippen molar-refractivity contribution in [2.75, 3.05) is 0 Å². The second-order valence-electron chi connectivity index (χ2n) is 7.54. The highest BCUT2D eigenvalue weighted by molar-refractivity contribution is 5.25. The van der Waals surface area contributed by atoms with E-state index in [0.29, 0.717) is 6.42 Å². The van der Waals surface area contributed by atoms with Crippen LogP contribution in [0, 0.1) is 46.3 Å². The number of nitriles is 2. The van der Waals surface area contributed by atoms with E-state index in [9.17, 15) is 10.5 Å². The van der Waals surface area contributed by atoms with Gasteiger partial charge in [0, 0.05) is 30.1 Å². The smallest absolute Gasteiger partial charge is 0.181 e. The van der Waals surface area contributed by atoms with Crippen molar-refractivity contribution in [3.05, 3.63) is 35.9 Å². The van der Waals surface area contributed by atoms with Gasteiger partial charge in [0.15, 0.2) is 23.8 Å². The standard InChI is InChI=1S/C19H18N2O3/c1-18-16-12(14(9-20)22-18)7-13-15(10-21)23-19(24-18,17(13)16)8-11-5-3-2-4-6-11/h2-6,12-17H,7-8H2,1H3/t12?,13?,14-,15+,16?,17?,18?,19?/m1/s1. The topological polar surface area (TPSA) is 75.3 Å². The fourth-order valence-electron chi connectivity index (χ4n) is 5.73. The summed E-state index contributed by atoms with van der Waals surface area (Å²) in [5.74, 6) is -1.13. The van der Waals surface area contributed by atoms with Crippen molar-refractivity contribution in [3.8, 4) is 12.1 Å². The van der Waals surface area contributed by atoms with Crippen LogP contribution >= 0.6 is 0 Å². The van der Waals surface area contributed by atoms with Gasteiger partial charge in [0.25, 0.3) is 0 Å². The molecule has 1 aliphatic carbocycles. The molecule has 5 heteroatoms. The molecule has 5 rings (SSSR count). The second-order valence-corrected chi connectivity index (χ2v) is 7.54. The van der Waals surface area contributed by atoms with Gasteiger partial charge < -0.3 is 14.2 Å². The summed E-state index contributed by atoms with van der Waals surface area (Å²) in [5.41, 5.74) is 1.12. The third-order valence-electron chi connectivity index (χ3n) is 6.36. The van der Waals surface area contributed by atoms with Gasteiger partial charge in [-0.3, -0.25) is 0 Å². The molecule has 1 aromatic rings. The molecule has 3 heterocycles. The Hall–Kier alpha value is -1.92. The predicted molar refractivity (Wildman–Crippen MR) is 81.9 cm³/mol. The highest BCUT2D eigenvalue weighted by Crippen LogP contribution is 2.69. The molecule has 1 saturated carbocycles. The van der Waals surface area contributed by atoms with Crippen molar-refractivity contribution in [2.24, 2.45) is 23.7 Å². The highest BCUT2D eigenvalue weighted by atomic mass is 16.8. The first-order valence-corrected chi connectivity index (χ1v) is 8.49. The lowest BCUT2D eigenvalue weighted by Crippen LogP contribution is -2.41. The number of rotatable bonds is 2. The maximum absolute atomic E-state index is 9.55. The third kappa shape index (κ3) is 1.62. The Labute approximate surface area is 140 Å². The van der Waals surface area contributed by atoms with Gasteiger partial charge in [0.2, 0.25) is 0 Å². The molecule has 122 valence electrons. The van der Waals surface area contributed by atoms with E-state index in [1.54, 1.807) is 0 Å². The first-order chi connectivity index (χ1) is 11.6. The molecule has 0 bridgehead atoms. The van der Waals surface area contributed by atoms with Crippen LogP contribution in [0.1, 0.15) is 18.9 Å². The first-order valence-electron chi connectivity index (χ1n) is 8.49. The monoisotopic (exact) mass is 322 g/mol. The quantitative estimate of drug-likeness (QED) is 0.835. The molecule has 8 atom stereocenters. The molecule has 5 nitrogen and oxygen atoms in total. The fourth-order valence-corrected chi connectivity index (χ4v) is 5.73. The number of nitrogens with zero attached hydrogens (tertiary/aromatic N) is 2. The van der Waals surface area contributed by atoms with Crippen LogP contribution in [-0.4, -0.2) is 23.8 Å². The van der Waals surface area contributed by atoms with Crippen LogP contribution in [-0.2, 0) is 20.6 Å². The average molecular weight is 322 g/mol. The predicted octanol–water partition coefficient (Wildman–Crippen LogP) is 2.39. The highest BCUT2D eigenvalue weighted by Gasteiger charge is 2.78. The molecular weight excluding hydrogens is 304 g/mol. The molecule has 4 aliphatic rings. The molecule has 24 heavy (non-hydrogen) atoms. The van der Waals surface area contributed by atoms with Gasteiger partial charge in [-0.25, -0.2) is 0 Å². The summed E-state index contributed by atoms with van der Waals surface area (Å²) in [4.78, 5) is 0. The van der Waals surface area contributed by atoms with E-state index < -0.39 is 23.8 Å². The van der Waals surface area contributed by atoms with E-state index in [0.717, 1.165) is 12.0 Å². The largest absolute Gasteiger partial charge is 0.331 e. The molecule has 6 unspecified atom stereocenters. The Bertz CT molecular complexity index is 769. The van der Waals surface area contributed by atoms with E-state index >= 15 is 0 Å². The molecule has 0 N–H and O–H groups in total. The maximum Gasteiger partial charge on any atom is 0.181 e. The summed E-state index contributed by atoms with van der Waals surface area (Å²) in [6, 6.07) is 14.7. The van der Waals surface area contributed by atoms with E-state index in [1.165, 1.54) is 0 Å². The van der Waals surface area contributed by atoms with E-state index in [2.05, 4.69) is 24.3 Å². The summed E-state index contributed by atoms with van der Waals surface area (Å²) >= 11 is 0. The Morgan fingerprint density at radius 3 is 2.42 bits per heavy atom. The molecule has 0 spiro atoms. The minimum absolute atomic E-state index is 0.107. The average Bonchev–Trinajstić information content (AvgIpc) is 3.24. The summed E-state index contributed by atoms with van der Waals surface area (Å²) in [5, 5.41) is 19.0. The maximum atomic E-state index is 9.55. The molecule has 4 fully saturated rings. The summed E-state index contributed by atoms with van der Waals surface area (Å²) in [7, 11) is 0. The summed E-state index contributed by atoms with van der Waals surface area (Å²) < 4.78 is 18.6. The van der Waals surface area contributed by atoms with Gasteiger partial charge in [-0.1, -0.05) is 30.3 Å². The molecule has 0 amide bonds. The van der Waals surface area contributed by atoms with Crippen LogP contribution in [0.25, 0.3) is 0 Å². The zero-order chi connectivity index (χ0) is 16.5. The Morgan fingerprint density at radius 1 is 1.04 bits per heavy atom. The zero-order valence-corrected chi connectivity index (χ0v) is 13.4. The molecule has 3 aliphatic heterocycles. The van der Waals surface area contributed by atoms with Crippen molar-refractivity contribution in [1.29, 1.82) is 10.5 Å². The Balaban J connectivity index is 1.58. The molecule has 0 aromatic heterocycles. The number of hydrogen-bond donors (Lipinski definition) is 0. The first kappa shape index (κ1) is 14.4. The van der Waals surface area contributed by atoms with Gasteiger partial charge in [-0.05, 0) is 18.9 Å². The van der Waals surface area contributed by atoms with Crippen molar-refractivity contribution in [2.45, 2.75) is 43.5 Å².